The molecule has 8 heteroatoms. The van der Waals surface area contributed by atoms with Crippen molar-refractivity contribution in [2.24, 2.45) is 0 Å². The number of carbonyl (C=O) groups excluding carboxylic acids is 3. The highest BCUT2D eigenvalue weighted by atomic mass is 32.2. The number of Topliss-reactive ketones (excluding diaryl/α,β-unsaturated/α-hetero) is 1. The van der Waals surface area contributed by atoms with E-state index in [4.69, 9.17) is 0 Å². The second-order valence-corrected chi connectivity index (χ2v) is 10.6. The van der Waals surface area contributed by atoms with Gasteiger partial charge < -0.3 is 20.9 Å². The summed E-state index contributed by atoms with van der Waals surface area (Å²) in [4.78, 5) is 39.6. The number of aromatic amines is 1. The Balaban J connectivity index is 1.01. The number of H-pyrrole nitrogens is 1. The van der Waals surface area contributed by atoms with E-state index in [-0.39, 0.29) is 29.8 Å². The quantitative estimate of drug-likeness (QED) is 0.196. The van der Waals surface area contributed by atoms with Crippen LogP contribution < -0.4 is 16.0 Å². The van der Waals surface area contributed by atoms with Gasteiger partial charge in [-0.2, -0.15) is 11.8 Å². The molecule has 35 heavy (non-hydrogen) atoms. The zero-order valence-corrected chi connectivity index (χ0v) is 20.3. The van der Waals surface area contributed by atoms with Crippen molar-refractivity contribution in [3.8, 4) is 0 Å². The van der Waals surface area contributed by atoms with Crippen molar-refractivity contribution >= 4 is 40.4 Å². The summed E-state index contributed by atoms with van der Waals surface area (Å²) in [7, 11) is 0. The van der Waals surface area contributed by atoms with Gasteiger partial charge in [0.15, 0.2) is 5.78 Å². The van der Waals surface area contributed by atoms with E-state index in [0.717, 1.165) is 47.0 Å². The summed E-state index contributed by atoms with van der Waals surface area (Å²) in [6.07, 6.45) is 5.57. The molecule has 0 saturated carbocycles. The highest BCUT2D eigenvalue weighted by Crippen LogP contribution is 2.33. The molecule has 2 saturated heterocycles. The van der Waals surface area contributed by atoms with Gasteiger partial charge in [0.05, 0.1) is 12.1 Å². The first-order valence-corrected chi connectivity index (χ1v) is 13.2. The number of thioether (sulfide) groups is 1. The molecular weight excluding hydrogens is 460 g/mol. The number of hydrogen-bond donors (Lipinski definition) is 4. The minimum absolute atomic E-state index is 0.0399. The number of fused-ring (bicyclic) bond motifs is 2. The van der Waals surface area contributed by atoms with Crippen molar-refractivity contribution in [2.75, 3.05) is 5.75 Å². The Morgan fingerprint density at radius 1 is 1.00 bits per heavy atom. The topological polar surface area (TPSA) is 103 Å². The van der Waals surface area contributed by atoms with Gasteiger partial charge in [-0.15, -0.1) is 0 Å². The van der Waals surface area contributed by atoms with E-state index in [0.29, 0.717) is 30.2 Å². The Hall–Kier alpha value is -3.26. The molecule has 0 radical (unpaired) electrons. The molecule has 0 bridgehead atoms. The second-order valence-electron chi connectivity index (χ2n) is 9.34. The molecule has 3 unspecified atom stereocenters. The van der Waals surface area contributed by atoms with Crippen LogP contribution in [0.25, 0.3) is 10.9 Å². The summed E-state index contributed by atoms with van der Waals surface area (Å²) in [6, 6.07) is 15.9. The van der Waals surface area contributed by atoms with Crippen LogP contribution >= 0.6 is 11.8 Å². The molecule has 2 fully saturated rings. The zero-order chi connectivity index (χ0) is 24.2. The molecular formula is C27H30N4O3S. The van der Waals surface area contributed by atoms with Gasteiger partial charge in [0.2, 0.25) is 5.91 Å². The number of ketones is 1. The standard InChI is InChI=1S/C27H30N4O3S/c32-23(14-18-7-10-21-20(13-18)11-12-28-21)19-8-5-17(6-9-19)15-29-25(33)4-2-1-3-24-26-22(16-35-24)30-27(34)31-26/h5-13,22,24,26,28H,1-4,14-16H2,(H,29,33)(H2,30,31,34). The van der Waals surface area contributed by atoms with Crippen LogP contribution in [0.2, 0.25) is 0 Å². The first-order chi connectivity index (χ1) is 17.0. The normalized spacial score (nSPS) is 20.9. The van der Waals surface area contributed by atoms with Gasteiger partial charge in [-0.3, -0.25) is 9.59 Å². The fraction of sp³-hybridized carbons (Fsp3) is 0.370. The smallest absolute Gasteiger partial charge is 0.315 e. The van der Waals surface area contributed by atoms with Gasteiger partial charge in [0.25, 0.3) is 0 Å². The van der Waals surface area contributed by atoms with Crippen LogP contribution in [0.4, 0.5) is 4.79 Å². The Kier molecular flexibility index (Phi) is 7.08. The number of amides is 3. The zero-order valence-electron chi connectivity index (χ0n) is 19.5. The maximum Gasteiger partial charge on any atom is 0.315 e. The SMILES string of the molecule is O=C(CCCCC1SCC2NC(=O)NC21)NCc1ccc(C(=O)Cc2ccc3[nH]ccc3c2)cc1. The predicted molar refractivity (Wildman–Crippen MR) is 139 cm³/mol. The minimum Gasteiger partial charge on any atom is -0.361 e. The number of carbonyl (C=O) groups is 3. The van der Waals surface area contributed by atoms with E-state index >= 15 is 0 Å². The van der Waals surface area contributed by atoms with Crippen LogP contribution in [-0.2, 0) is 17.8 Å². The molecule has 2 aliphatic heterocycles. The number of rotatable bonds is 10. The van der Waals surface area contributed by atoms with Crippen LogP contribution in [0, 0.1) is 0 Å². The summed E-state index contributed by atoms with van der Waals surface area (Å²) in [5.74, 6) is 1.08. The van der Waals surface area contributed by atoms with Gasteiger partial charge in [0.1, 0.15) is 0 Å². The van der Waals surface area contributed by atoms with Crippen LogP contribution in [0.1, 0.15) is 47.2 Å². The predicted octanol–water partition coefficient (Wildman–Crippen LogP) is 3.94. The molecule has 2 aromatic carbocycles. The van der Waals surface area contributed by atoms with E-state index in [1.54, 1.807) is 0 Å². The lowest BCUT2D eigenvalue weighted by Crippen LogP contribution is -2.36. The lowest BCUT2D eigenvalue weighted by atomic mass is 10.0. The van der Waals surface area contributed by atoms with Crippen molar-refractivity contribution in [1.29, 1.82) is 0 Å². The lowest BCUT2D eigenvalue weighted by Gasteiger charge is -2.16. The van der Waals surface area contributed by atoms with E-state index < -0.39 is 0 Å². The summed E-state index contributed by atoms with van der Waals surface area (Å²) in [6.45, 7) is 0.456. The van der Waals surface area contributed by atoms with Crippen molar-refractivity contribution in [3.05, 3.63) is 71.4 Å². The van der Waals surface area contributed by atoms with E-state index in [1.165, 1.54) is 0 Å². The molecule has 3 atom stereocenters. The molecule has 0 aliphatic carbocycles. The van der Waals surface area contributed by atoms with Gasteiger partial charge >= 0.3 is 6.03 Å². The van der Waals surface area contributed by atoms with E-state index in [9.17, 15) is 14.4 Å². The first kappa shape index (κ1) is 23.5. The molecule has 5 rings (SSSR count). The third-order valence-corrected chi connectivity index (χ3v) is 8.34. The average molecular weight is 491 g/mol. The van der Waals surface area contributed by atoms with Crippen LogP contribution in [0.5, 0.6) is 0 Å². The van der Waals surface area contributed by atoms with Crippen molar-refractivity contribution in [1.82, 2.24) is 20.9 Å². The largest absolute Gasteiger partial charge is 0.361 e. The number of hydrogen-bond acceptors (Lipinski definition) is 4. The summed E-state index contributed by atoms with van der Waals surface area (Å²) in [5, 5.41) is 10.5. The molecule has 0 spiro atoms. The monoisotopic (exact) mass is 490 g/mol. The minimum atomic E-state index is -0.0587. The Bertz CT molecular complexity index is 1220. The molecule has 3 aromatic rings. The second kappa shape index (κ2) is 10.6. The summed E-state index contributed by atoms with van der Waals surface area (Å²) in [5.41, 5.74) is 3.71. The third kappa shape index (κ3) is 5.70. The number of benzene rings is 2. The van der Waals surface area contributed by atoms with Gasteiger partial charge in [-0.25, -0.2) is 4.79 Å². The number of urea groups is 1. The Morgan fingerprint density at radius 3 is 2.69 bits per heavy atom. The van der Waals surface area contributed by atoms with E-state index in [2.05, 4.69) is 20.9 Å². The molecule has 1 aromatic heterocycles. The summed E-state index contributed by atoms with van der Waals surface area (Å²) >= 11 is 1.90. The fourth-order valence-corrected chi connectivity index (χ4v) is 6.42. The van der Waals surface area contributed by atoms with Crippen molar-refractivity contribution in [3.63, 3.8) is 0 Å². The number of unbranched alkanes of at least 4 members (excludes halogenated alkanes) is 1. The van der Waals surface area contributed by atoms with Crippen molar-refractivity contribution in [2.45, 2.75) is 56.0 Å². The molecule has 4 N–H and O–H groups in total. The van der Waals surface area contributed by atoms with Crippen LogP contribution in [-0.4, -0.2) is 45.8 Å². The van der Waals surface area contributed by atoms with Crippen molar-refractivity contribution < 1.29 is 14.4 Å². The Labute approximate surface area is 208 Å². The molecule has 7 nitrogen and oxygen atoms in total. The fourth-order valence-electron chi connectivity index (χ4n) is 4.87. The lowest BCUT2D eigenvalue weighted by molar-refractivity contribution is -0.121. The maximum atomic E-state index is 12.7. The summed E-state index contributed by atoms with van der Waals surface area (Å²) < 4.78 is 0. The van der Waals surface area contributed by atoms with Gasteiger partial charge in [-0.1, -0.05) is 36.8 Å². The van der Waals surface area contributed by atoms with Crippen LogP contribution in [0.15, 0.2) is 54.7 Å². The third-order valence-electron chi connectivity index (χ3n) is 6.83. The highest BCUT2D eigenvalue weighted by molar-refractivity contribution is 8.00. The van der Waals surface area contributed by atoms with Crippen LogP contribution in [0.3, 0.4) is 0 Å². The molecule has 2 aliphatic rings. The molecule has 182 valence electrons. The number of nitrogens with one attached hydrogen (secondary N) is 4. The molecule has 3 amide bonds. The van der Waals surface area contributed by atoms with E-state index in [1.807, 2.05) is 66.5 Å². The first-order valence-electron chi connectivity index (χ1n) is 12.2. The van der Waals surface area contributed by atoms with Gasteiger partial charge in [0, 0.05) is 47.7 Å². The average Bonchev–Trinajstić information content (AvgIpc) is 3.57. The number of aromatic nitrogens is 1. The van der Waals surface area contributed by atoms with Gasteiger partial charge in [-0.05, 0) is 47.6 Å². The maximum absolute atomic E-state index is 12.7. The Morgan fingerprint density at radius 2 is 1.83 bits per heavy atom. The highest BCUT2D eigenvalue weighted by Gasteiger charge is 2.42. The molecule has 3 heterocycles.